The Balaban J connectivity index is 1.30. The van der Waals surface area contributed by atoms with E-state index in [1.54, 1.807) is 6.20 Å². The van der Waals surface area contributed by atoms with Gasteiger partial charge in [-0.3, -0.25) is 9.36 Å². The van der Waals surface area contributed by atoms with Gasteiger partial charge in [-0.25, -0.2) is 0 Å². The Hall–Kier alpha value is -2.68. The lowest BCUT2D eigenvalue weighted by atomic mass is 10.2. The Morgan fingerprint density at radius 2 is 1.60 bits per heavy atom. The first-order valence-electron chi connectivity index (χ1n) is 9.16. The zero-order valence-corrected chi connectivity index (χ0v) is 19.0. The van der Waals surface area contributed by atoms with E-state index in [1.165, 1.54) is 5.56 Å². The lowest BCUT2D eigenvalue weighted by molar-refractivity contribution is 0.687. The van der Waals surface area contributed by atoms with Crippen LogP contribution in [-0.2, 0) is 13.1 Å². The van der Waals surface area contributed by atoms with E-state index in [9.17, 15) is 0 Å². The van der Waals surface area contributed by atoms with Crippen molar-refractivity contribution >= 4 is 56.4 Å². The van der Waals surface area contributed by atoms with Gasteiger partial charge in [0.15, 0.2) is 10.9 Å². The summed E-state index contributed by atoms with van der Waals surface area (Å²) in [5.41, 5.74) is 3.10. The van der Waals surface area contributed by atoms with Gasteiger partial charge in [0.1, 0.15) is 0 Å². The van der Waals surface area contributed by atoms with Gasteiger partial charge in [-0.15, -0.1) is 0 Å². The first kappa shape index (κ1) is 20.6. The van der Waals surface area contributed by atoms with E-state index in [1.807, 2.05) is 64.2 Å². The molecule has 0 unspecified atom stereocenters. The predicted molar refractivity (Wildman–Crippen MR) is 128 cm³/mol. The molecule has 9 heteroatoms. The minimum Gasteiger partial charge on any atom is -0.330 e. The Labute approximate surface area is 193 Å². The molecule has 0 amide bonds. The van der Waals surface area contributed by atoms with Crippen molar-refractivity contribution < 1.29 is 0 Å². The largest absolute Gasteiger partial charge is 0.330 e. The second kappa shape index (κ2) is 9.42. The third kappa shape index (κ3) is 5.69. The number of anilines is 2. The number of benzene rings is 2. The fourth-order valence-electron chi connectivity index (χ4n) is 2.86. The van der Waals surface area contributed by atoms with Gasteiger partial charge in [-0.05, 0) is 47.6 Å². The van der Waals surface area contributed by atoms with E-state index >= 15 is 0 Å². The molecule has 0 saturated heterocycles. The maximum atomic E-state index is 5.93. The smallest absolute Gasteiger partial charge is 0.176 e. The number of hydrogen-bond acceptors (Lipinski definition) is 3. The summed E-state index contributed by atoms with van der Waals surface area (Å²) in [5, 5.41) is 16.3. The highest BCUT2D eigenvalue weighted by atomic mass is 79.9. The SMILES string of the molecule is S=C(Nc1cnn(Cc2ccc(Br)cc2)c1)Nc1ccn(Cc2ccc(Cl)cc2)n1. The molecule has 2 N–H and O–H groups in total. The minimum atomic E-state index is 0.454. The normalized spacial score (nSPS) is 10.7. The molecule has 4 rings (SSSR count). The summed E-state index contributed by atoms with van der Waals surface area (Å²) in [6.07, 6.45) is 5.55. The molecule has 0 aliphatic rings. The van der Waals surface area contributed by atoms with Crippen LogP contribution in [0.4, 0.5) is 11.5 Å². The van der Waals surface area contributed by atoms with Crippen molar-refractivity contribution in [2.45, 2.75) is 13.1 Å². The van der Waals surface area contributed by atoms with Crippen LogP contribution in [0.5, 0.6) is 0 Å². The molecular formula is C21H18BrClN6S. The molecular weight excluding hydrogens is 484 g/mol. The number of rotatable bonds is 6. The Morgan fingerprint density at radius 3 is 2.33 bits per heavy atom. The minimum absolute atomic E-state index is 0.454. The summed E-state index contributed by atoms with van der Waals surface area (Å²) in [4.78, 5) is 0. The second-order valence-corrected chi connectivity index (χ2v) is 8.42. The molecule has 6 nitrogen and oxygen atoms in total. The fourth-order valence-corrected chi connectivity index (χ4v) is 3.48. The molecule has 2 heterocycles. The molecule has 2 aromatic carbocycles. The quantitative estimate of drug-likeness (QED) is 0.346. The number of aromatic nitrogens is 4. The molecule has 30 heavy (non-hydrogen) atoms. The predicted octanol–water partition coefficient (Wildman–Crippen LogP) is 5.40. The van der Waals surface area contributed by atoms with Gasteiger partial charge in [0.05, 0.1) is 25.0 Å². The molecule has 0 bridgehead atoms. The van der Waals surface area contributed by atoms with Crippen molar-refractivity contribution in [2.24, 2.45) is 0 Å². The van der Waals surface area contributed by atoms with Gasteiger partial charge < -0.3 is 10.6 Å². The second-order valence-electron chi connectivity index (χ2n) is 6.66. The molecule has 0 aliphatic heterocycles. The highest BCUT2D eigenvalue weighted by Crippen LogP contribution is 2.14. The number of thiocarbonyl (C=S) groups is 1. The van der Waals surface area contributed by atoms with Crippen molar-refractivity contribution in [3.05, 3.63) is 93.8 Å². The maximum absolute atomic E-state index is 5.93. The highest BCUT2D eigenvalue weighted by Gasteiger charge is 2.05. The molecule has 2 aromatic heterocycles. The first-order valence-corrected chi connectivity index (χ1v) is 10.7. The van der Waals surface area contributed by atoms with Crippen LogP contribution < -0.4 is 10.6 Å². The topological polar surface area (TPSA) is 59.7 Å². The van der Waals surface area contributed by atoms with E-state index in [0.717, 1.165) is 20.7 Å². The first-order chi connectivity index (χ1) is 14.5. The van der Waals surface area contributed by atoms with Crippen molar-refractivity contribution in [2.75, 3.05) is 10.6 Å². The molecule has 0 spiro atoms. The maximum Gasteiger partial charge on any atom is 0.176 e. The van der Waals surface area contributed by atoms with E-state index in [4.69, 9.17) is 23.8 Å². The van der Waals surface area contributed by atoms with Crippen LogP contribution in [0.1, 0.15) is 11.1 Å². The fraction of sp³-hybridized carbons (Fsp3) is 0.0952. The summed E-state index contributed by atoms with van der Waals surface area (Å²) in [6.45, 7) is 1.34. The summed E-state index contributed by atoms with van der Waals surface area (Å²) >= 11 is 14.8. The van der Waals surface area contributed by atoms with E-state index in [0.29, 0.717) is 24.0 Å². The van der Waals surface area contributed by atoms with Gasteiger partial charge >= 0.3 is 0 Å². The Bertz CT molecular complexity index is 1050. The van der Waals surface area contributed by atoms with E-state index in [-0.39, 0.29) is 0 Å². The zero-order chi connectivity index (χ0) is 20.9. The highest BCUT2D eigenvalue weighted by molar-refractivity contribution is 9.10. The van der Waals surface area contributed by atoms with E-state index < -0.39 is 0 Å². The molecule has 0 fully saturated rings. The molecule has 0 saturated carbocycles. The summed E-state index contributed by atoms with van der Waals surface area (Å²) < 4.78 is 4.75. The molecule has 4 aromatic rings. The van der Waals surface area contributed by atoms with E-state index in [2.05, 4.69) is 48.9 Å². The molecule has 0 radical (unpaired) electrons. The number of nitrogens with one attached hydrogen (secondary N) is 2. The monoisotopic (exact) mass is 500 g/mol. The summed E-state index contributed by atoms with van der Waals surface area (Å²) in [5.74, 6) is 0.670. The summed E-state index contributed by atoms with van der Waals surface area (Å²) in [7, 11) is 0. The van der Waals surface area contributed by atoms with Crippen LogP contribution in [0.3, 0.4) is 0 Å². The van der Waals surface area contributed by atoms with Crippen molar-refractivity contribution in [3.63, 3.8) is 0 Å². The lowest BCUT2D eigenvalue weighted by Gasteiger charge is -2.06. The van der Waals surface area contributed by atoms with Crippen molar-refractivity contribution in [1.29, 1.82) is 0 Å². The van der Waals surface area contributed by atoms with Gasteiger partial charge in [0, 0.05) is 28.0 Å². The van der Waals surface area contributed by atoms with Crippen molar-refractivity contribution in [3.8, 4) is 0 Å². The van der Waals surface area contributed by atoms with Gasteiger partial charge in [-0.2, -0.15) is 10.2 Å². The Morgan fingerprint density at radius 1 is 0.933 bits per heavy atom. The van der Waals surface area contributed by atoms with Crippen LogP contribution in [0.2, 0.25) is 5.02 Å². The average Bonchev–Trinajstić information content (AvgIpc) is 3.35. The number of hydrogen-bond donors (Lipinski definition) is 2. The van der Waals surface area contributed by atoms with Crippen LogP contribution >= 0.6 is 39.7 Å². The van der Waals surface area contributed by atoms with Crippen LogP contribution in [0.25, 0.3) is 0 Å². The lowest BCUT2D eigenvalue weighted by Crippen LogP contribution is -2.19. The van der Waals surface area contributed by atoms with Gasteiger partial charge in [0.25, 0.3) is 0 Å². The third-order valence-electron chi connectivity index (χ3n) is 4.29. The van der Waals surface area contributed by atoms with Gasteiger partial charge in [0.2, 0.25) is 0 Å². The van der Waals surface area contributed by atoms with Crippen molar-refractivity contribution in [1.82, 2.24) is 19.6 Å². The number of nitrogens with zero attached hydrogens (tertiary/aromatic N) is 4. The number of halogens is 2. The Kier molecular flexibility index (Phi) is 6.47. The molecule has 0 aliphatic carbocycles. The van der Waals surface area contributed by atoms with Crippen LogP contribution in [0.15, 0.2) is 77.7 Å². The molecule has 152 valence electrons. The average molecular weight is 502 g/mol. The van der Waals surface area contributed by atoms with Crippen LogP contribution in [-0.4, -0.2) is 24.7 Å². The van der Waals surface area contributed by atoms with Crippen LogP contribution in [0, 0.1) is 0 Å². The van der Waals surface area contributed by atoms with Gasteiger partial charge in [-0.1, -0.05) is 51.8 Å². The third-order valence-corrected chi connectivity index (χ3v) is 5.27. The standard InChI is InChI=1S/C21H18BrClN6S/c22-17-5-1-15(2-6-17)13-29-14-19(11-24-29)25-21(30)26-20-9-10-28(27-20)12-16-3-7-18(23)8-4-16/h1-11,14H,12-13H2,(H2,25,26,27,30). The summed E-state index contributed by atoms with van der Waals surface area (Å²) in [6, 6.07) is 17.7. The zero-order valence-electron chi connectivity index (χ0n) is 15.8. The molecule has 0 atom stereocenters.